The first kappa shape index (κ1) is 13.6. The molecule has 1 fully saturated rings. The van der Waals surface area contributed by atoms with Gasteiger partial charge in [0.05, 0.1) is 25.5 Å². The van der Waals surface area contributed by atoms with Gasteiger partial charge in [-0.3, -0.25) is 0 Å². The topological polar surface area (TPSA) is 68.0 Å². The predicted molar refractivity (Wildman–Crippen MR) is 72.7 cm³/mol. The summed E-state index contributed by atoms with van der Waals surface area (Å²) in [5.41, 5.74) is 7.10. The van der Waals surface area contributed by atoms with Gasteiger partial charge in [-0.15, -0.1) is 0 Å². The molecule has 0 saturated carbocycles. The van der Waals surface area contributed by atoms with Crippen LogP contribution in [0.4, 0.5) is 16.2 Å². The fraction of sp³-hybridized carbons (Fsp3) is 0.462. The van der Waals surface area contributed by atoms with E-state index >= 15 is 0 Å². The largest absolute Gasteiger partial charge is 0.448 e. The fourth-order valence-electron chi connectivity index (χ4n) is 1.98. The van der Waals surface area contributed by atoms with Crippen molar-refractivity contribution in [3.8, 4) is 0 Å². The van der Waals surface area contributed by atoms with Crippen molar-refractivity contribution in [2.24, 2.45) is 0 Å². The van der Waals surface area contributed by atoms with Crippen LogP contribution < -0.4 is 10.7 Å². The Morgan fingerprint density at radius 2 is 2.21 bits per heavy atom. The van der Waals surface area contributed by atoms with Crippen LogP contribution in [-0.2, 0) is 9.47 Å². The number of anilines is 2. The number of morpholine rings is 1. The molecule has 0 bridgehead atoms. The smallest absolute Gasteiger partial charge is 0.429 e. The van der Waals surface area contributed by atoms with E-state index in [9.17, 15) is 4.79 Å². The first-order valence-corrected chi connectivity index (χ1v) is 6.37. The highest BCUT2D eigenvalue weighted by Crippen LogP contribution is 2.21. The average molecular weight is 265 g/mol. The SMILES string of the molecule is CCOC(=O)N(c1cccc(N)c1)N1CCOCC1. The molecule has 0 unspecified atom stereocenters. The molecule has 1 amide bonds. The Morgan fingerprint density at radius 1 is 1.47 bits per heavy atom. The lowest BCUT2D eigenvalue weighted by Crippen LogP contribution is -2.52. The Balaban J connectivity index is 2.24. The minimum Gasteiger partial charge on any atom is -0.448 e. The maximum atomic E-state index is 12.1. The number of carbonyl (C=O) groups is 1. The number of ether oxygens (including phenoxy) is 2. The number of rotatable bonds is 3. The first-order valence-electron chi connectivity index (χ1n) is 6.37. The van der Waals surface area contributed by atoms with Crippen LogP contribution in [0.1, 0.15) is 6.92 Å². The summed E-state index contributed by atoms with van der Waals surface area (Å²) < 4.78 is 10.4. The second-order valence-electron chi connectivity index (χ2n) is 4.17. The molecule has 1 heterocycles. The summed E-state index contributed by atoms with van der Waals surface area (Å²) in [5.74, 6) is 0. The zero-order chi connectivity index (χ0) is 13.7. The molecular formula is C13H19N3O3. The third-order valence-electron chi connectivity index (χ3n) is 2.83. The zero-order valence-corrected chi connectivity index (χ0v) is 11.0. The Kier molecular flexibility index (Phi) is 4.59. The number of amides is 1. The van der Waals surface area contributed by atoms with Gasteiger partial charge in [-0.25, -0.2) is 14.8 Å². The Bertz CT molecular complexity index is 433. The predicted octanol–water partition coefficient (Wildman–Crippen LogP) is 1.48. The molecule has 1 aromatic carbocycles. The van der Waals surface area contributed by atoms with Crippen LogP contribution in [0.15, 0.2) is 24.3 Å². The summed E-state index contributed by atoms with van der Waals surface area (Å²) in [6.07, 6.45) is -0.394. The van der Waals surface area contributed by atoms with Crippen molar-refractivity contribution < 1.29 is 14.3 Å². The maximum Gasteiger partial charge on any atom is 0.429 e. The molecule has 0 atom stereocenters. The van der Waals surface area contributed by atoms with E-state index in [-0.39, 0.29) is 0 Å². The lowest BCUT2D eigenvalue weighted by Gasteiger charge is -2.36. The molecule has 2 N–H and O–H groups in total. The lowest BCUT2D eigenvalue weighted by molar-refractivity contribution is 0.0295. The van der Waals surface area contributed by atoms with Crippen LogP contribution in [0.25, 0.3) is 0 Å². The zero-order valence-electron chi connectivity index (χ0n) is 11.0. The Morgan fingerprint density at radius 3 is 2.84 bits per heavy atom. The molecule has 6 nitrogen and oxygen atoms in total. The van der Waals surface area contributed by atoms with Crippen LogP contribution in [0.5, 0.6) is 0 Å². The van der Waals surface area contributed by atoms with Crippen molar-refractivity contribution in [3.63, 3.8) is 0 Å². The first-order chi connectivity index (χ1) is 9.22. The third kappa shape index (κ3) is 3.36. The minimum absolute atomic E-state index is 0.335. The van der Waals surface area contributed by atoms with Gasteiger partial charge in [0.15, 0.2) is 0 Å². The van der Waals surface area contributed by atoms with E-state index in [0.29, 0.717) is 44.3 Å². The molecule has 6 heteroatoms. The molecule has 2 rings (SSSR count). The van der Waals surface area contributed by atoms with Gasteiger partial charge in [-0.1, -0.05) is 6.07 Å². The number of nitrogens with zero attached hydrogens (tertiary/aromatic N) is 2. The summed E-state index contributed by atoms with van der Waals surface area (Å²) in [6, 6.07) is 7.19. The van der Waals surface area contributed by atoms with Crippen LogP contribution >= 0.6 is 0 Å². The molecular weight excluding hydrogens is 246 g/mol. The standard InChI is InChI=1S/C13H19N3O3/c1-2-19-13(17)16(15-6-8-18-9-7-15)12-5-3-4-11(14)10-12/h3-5,10H,2,6-9,14H2,1H3. The molecule has 1 aliphatic heterocycles. The van der Waals surface area contributed by atoms with E-state index in [2.05, 4.69) is 0 Å². The van der Waals surface area contributed by atoms with Gasteiger partial charge in [-0.2, -0.15) is 0 Å². The highest BCUT2D eigenvalue weighted by Gasteiger charge is 2.26. The Labute approximate surface area is 112 Å². The van der Waals surface area contributed by atoms with Crippen molar-refractivity contribution in [1.29, 1.82) is 0 Å². The van der Waals surface area contributed by atoms with E-state index in [1.165, 1.54) is 5.01 Å². The summed E-state index contributed by atoms with van der Waals surface area (Å²) in [4.78, 5) is 12.1. The molecule has 0 aromatic heterocycles. The number of benzene rings is 1. The fourth-order valence-corrected chi connectivity index (χ4v) is 1.98. The highest BCUT2D eigenvalue weighted by molar-refractivity contribution is 5.87. The monoisotopic (exact) mass is 265 g/mol. The molecule has 1 saturated heterocycles. The molecule has 1 aliphatic rings. The van der Waals surface area contributed by atoms with Gasteiger partial charge in [-0.05, 0) is 25.1 Å². The number of carbonyl (C=O) groups excluding carboxylic acids is 1. The number of hydrogen-bond donors (Lipinski definition) is 1. The number of nitrogen functional groups attached to an aromatic ring is 1. The maximum absolute atomic E-state index is 12.1. The minimum atomic E-state index is -0.394. The second kappa shape index (κ2) is 6.40. The van der Waals surface area contributed by atoms with Crippen LogP contribution in [0.3, 0.4) is 0 Å². The van der Waals surface area contributed by atoms with Crippen LogP contribution in [0.2, 0.25) is 0 Å². The number of hydrogen-bond acceptors (Lipinski definition) is 5. The van der Waals surface area contributed by atoms with E-state index in [1.54, 1.807) is 19.1 Å². The van der Waals surface area contributed by atoms with Crippen molar-refractivity contribution in [1.82, 2.24) is 5.01 Å². The van der Waals surface area contributed by atoms with Crippen molar-refractivity contribution in [2.45, 2.75) is 6.92 Å². The van der Waals surface area contributed by atoms with E-state index in [1.807, 2.05) is 17.1 Å². The normalized spacial score (nSPS) is 16.1. The number of nitrogens with two attached hydrogens (primary N) is 1. The summed E-state index contributed by atoms with van der Waals surface area (Å²) in [5, 5.41) is 3.44. The van der Waals surface area contributed by atoms with Gasteiger partial charge in [0, 0.05) is 18.8 Å². The molecule has 104 valence electrons. The molecule has 0 radical (unpaired) electrons. The molecule has 0 spiro atoms. The van der Waals surface area contributed by atoms with Gasteiger partial charge >= 0.3 is 6.09 Å². The van der Waals surface area contributed by atoms with E-state index in [4.69, 9.17) is 15.2 Å². The molecule has 0 aliphatic carbocycles. The summed E-state index contributed by atoms with van der Waals surface area (Å²) in [6.45, 7) is 4.61. The second-order valence-corrected chi connectivity index (χ2v) is 4.17. The number of hydrazine groups is 1. The van der Waals surface area contributed by atoms with Crippen LogP contribution in [-0.4, -0.2) is 44.0 Å². The van der Waals surface area contributed by atoms with E-state index < -0.39 is 6.09 Å². The highest BCUT2D eigenvalue weighted by atomic mass is 16.6. The van der Waals surface area contributed by atoms with E-state index in [0.717, 1.165) is 0 Å². The quantitative estimate of drug-likeness (QED) is 0.838. The van der Waals surface area contributed by atoms with Gasteiger partial charge < -0.3 is 15.2 Å². The van der Waals surface area contributed by atoms with Gasteiger partial charge in [0.1, 0.15) is 0 Å². The summed E-state index contributed by atoms with van der Waals surface area (Å²) in [7, 11) is 0. The van der Waals surface area contributed by atoms with Crippen molar-refractivity contribution >= 4 is 17.5 Å². The third-order valence-corrected chi connectivity index (χ3v) is 2.83. The molecule has 1 aromatic rings. The van der Waals surface area contributed by atoms with Crippen molar-refractivity contribution in [3.05, 3.63) is 24.3 Å². The molecule has 19 heavy (non-hydrogen) atoms. The van der Waals surface area contributed by atoms with Gasteiger partial charge in [0.25, 0.3) is 0 Å². The van der Waals surface area contributed by atoms with Crippen molar-refractivity contribution in [2.75, 3.05) is 43.7 Å². The average Bonchev–Trinajstić information content (AvgIpc) is 2.40. The Hall–Kier alpha value is -1.79. The van der Waals surface area contributed by atoms with Gasteiger partial charge in [0.2, 0.25) is 0 Å². The summed E-state index contributed by atoms with van der Waals surface area (Å²) >= 11 is 0. The lowest BCUT2D eigenvalue weighted by atomic mass is 10.3. The van der Waals surface area contributed by atoms with Crippen LogP contribution in [0, 0.1) is 0 Å².